The number of hydrogen-bond donors (Lipinski definition) is 3. The molecule has 0 aromatic carbocycles. The fraction of sp³-hybridized carbons (Fsp3) is 0.600. The first-order valence-corrected chi connectivity index (χ1v) is 7.78. The second kappa shape index (κ2) is 9.05. The van der Waals surface area contributed by atoms with Gasteiger partial charge in [-0.25, -0.2) is 9.36 Å². The number of aromatic amines is 1. The van der Waals surface area contributed by atoms with E-state index in [1.54, 1.807) is 0 Å². The van der Waals surface area contributed by atoms with Gasteiger partial charge in [0.2, 0.25) is 0 Å². The second-order valence-electron chi connectivity index (χ2n) is 4.78. The fourth-order valence-electron chi connectivity index (χ4n) is 2.00. The van der Waals surface area contributed by atoms with Crippen LogP contribution in [0, 0.1) is 6.92 Å². The van der Waals surface area contributed by atoms with E-state index in [0.717, 1.165) is 6.20 Å². The summed E-state index contributed by atoms with van der Waals surface area (Å²) in [5.74, 6) is -2.43. The molecule has 3 N–H and O–H groups in total. The van der Waals surface area contributed by atoms with Crippen LogP contribution >= 0.6 is 7.60 Å². The quantitative estimate of drug-likeness (QED) is 0.337. The van der Waals surface area contributed by atoms with Gasteiger partial charge in [0.25, 0.3) is 11.5 Å². The number of aryl methyl sites for hydroxylation is 1. The van der Waals surface area contributed by atoms with E-state index in [4.69, 9.17) is 9.47 Å². The first kappa shape index (κ1) is 24.7. The number of hydrogen-bond acceptors (Lipinski definition) is 9. The summed E-state index contributed by atoms with van der Waals surface area (Å²) in [6.07, 6.45) is -3.77. The van der Waals surface area contributed by atoms with Crippen molar-refractivity contribution >= 4 is 7.60 Å². The van der Waals surface area contributed by atoms with E-state index in [0.29, 0.717) is 4.57 Å². The van der Waals surface area contributed by atoms with Crippen molar-refractivity contribution in [3.8, 4) is 0 Å². The summed E-state index contributed by atoms with van der Waals surface area (Å²) in [6, 6.07) is 0. The van der Waals surface area contributed by atoms with Crippen LogP contribution in [0.2, 0.25) is 0 Å². The molecule has 0 aliphatic carbocycles. The molecule has 1 fully saturated rings. The Hall–Kier alpha value is 0.670. The normalized spacial score (nSPS) is 26.5. The van der Waals surface area contributed by atoms with Crippen LogP contribution < -0.4 is 80.2 Å². The molecule has 0 unspecified atom stereocenters. The molecule has 3 atom stereocenters. The summed E-state index contributed by atoms with van der Waals surface area (Å²) in [5, 5.41) is 19.6. The maximum atomic E-state index is 11.9. The van der Waals surface area contributed by atoms with E-state index >= 15 is 0 Å². The standard InChI is InChI=1S/C10H15N2O9P.2Na/c1-5-2-12(9(16)11-8(5)15)10(21-4-22(17,18)19)7(14)6(13)3-20-10;;/h2,6-7,13-14H,3-4H2,1H3,(H,11,15,16)(H2,17,18,19);;/q;2*+1/p-2/t6-,7-,10+;;/m1../s1. The number of H-pyrrole nitrogens is 1. The minimum absolute atomic E-state index is 0. The third-order valence-corrected chi connectivity index (χ3v) is 3.53. The Balaban J connectivity index is 0.00000264. The van der Waals surface area contributed by atoms with Crippen molar-refractivity contribution in [3.05, 3.63) is 32.6 Å². The molecule has 0 radical (unpaired) electrons. The third kappa shape index (κ3) is 5.10. The molecule has 2 rings (SSSR count). The molecule has 0 bridgehead atoms. The van der Waals surface area contributed by atoms with Crippen molar-refractivity contribution < 1.29 is 93.2 Å². The van der Waals surface area contributed by atoms with Gasteiger partial charge in [-0.15, -0.1) is 0 Å². The van der Waals surface area contributed by atoms with Gasteiger partial charge in [0.15, 0.2) is 6.10 Å². The van der Waals surface area contributed by atoms with Crippen LogP contribution in [0.25, 0.3) is 0 Å². The maximum Gasteiger partial charge on any atom is 1.00 e. The Morgan fingerprint density at radius 1 is 1.46 bits per heavy atom. The predicted octanol–water partition coefficient (Wildman–Crippen LogP) is -9.90. The fourth-order valence-corrected chi connectivity index (χ4v) is 2.35. The van der Waals surface area contributed by atoms with Gasteiger partial charge in [-0.1, -0.05) is 0 Å². The van der Waals surface area contributed by atoms with Gasteiger partial charge < -0.3 is 34.0 Å². The number of nitrogens with one attached hydrogen (secondary N) is 1. The first-order chi connectivity index (χ1) is 10.1. The molecule has 14 heteroatoms. The number of nitrogens with zero attached hydrogens (tertiary/aromatic N) is 1. The number of ether oxygens (including phenoxy) is 2. The van der Waals surface area contributed by atoms with E-state index < -0.39 is 49.9 Å². The van der Waals surface area contributed by atoms with Crippen molar-refractivity contribution in [1.82, 2.24) is 9.55 Å². The molecule has 1 aromatic rings. The van der Waals surface area contributed by atoms with Gasteiger partial charge >= 0.3 is 64.8 Å². The Morgan fingerprint density at radius 3 is 2.50 bits per heavy atom. The number of aromatic nitrogens is 2. The predicted molar refractivity (Wildman–Crippen MR) is 65.6 cm³/mol. The van der Waals surface area contributed by atoms with Gasteiger partial charge in [-0.3, -0.25) is 9.78 Å². The molecule has 11 nitrogen and oxygen atoms in total. The van der Waals surface area contributed by atoms with E-state index in [1.807, 2.05) is 4.98 Å². The SMILES string of the molecule is Cc1cn([C@]2(OCP(=O)([O-])[O-])OC[C@@H](O)[C@H]2O)c(=O)[nH]c1=O.[Na+].[Na+]. The van der Waals surface area contributed by atoms with Crippen LogP contribution in [-0.4, -0.2) is 44.9 Å². The maximum absolute atomic E-state index is 11.9. The largest absolute Gasteiger partial charge is 1.00 e. The zero-order chi connectivity index (χ0) is 16.7. The van der Waals surface area contributed by atoms with Crippen molar-refractivity contribution in [2.24, 2.45) is 0 Å². The van der Waals surface area contributed by atoms with Crippen molar-refractivity contribution in [3.63, 3.8) is 0 Å². The summed E-state index contributed by atoms with van der Waals surface area (Å²) >= 11 is 0. The minimum atomic E-state index is -5.15. The van der Waals surface area contributed by atoms with Crippen molar-refractivity contribution in [2.75, 3.05) is 13.0 Å². The van der Waals surface area contributed by atoms with E-state index in [9.17, 15) is 34.2 Å². The van der Waals surface area contributed by atoms with Gasteiger partial charge in [0, 0.05) is 11.8 Å². The third-order valence-electron chi connectivity index (χ3n) is 3.08. The smallest absolute Gasteiger partial charge is 0.809 e. The van der Waals surface area contributed by atoms with Crippen LogP contribution in [0.4, 0.5) is 0 Å². The minimum Gasteiger partial charge on any atom is -0.809 e. The Morgan fingerprint density at radius 2 is 2.04 bits per heavy atom. The average molecular weight is 382 g/mol. The van der Waals surface area contributed by atoms with Crippen molar-refractivity contribution in [2.45, 2.75) is 25.0 Å². The summed E-state index contributed by atoms with van der Waals surface area (Å²) in [5.41, 5.74) is -1.75. The molecule has 24 heavy (non-hydrogen) atoms. The summed E-state index contributed by atoms with van der Waals surface area (Å²) in [4.78, 5) is 46.7. The van der Waals surface area contributed by atoms with Crippen LogP contribution in [0.15, 0.2) is 15.8 Å². The molecular formula is C10H13N2Na2O9P. The monoisotopic (exact) mass is 382 g/mol. The molecule has 0 spiro atoms. The molecule has 0 amide bonds. The molecule has 1 aliphatic rings. The zero-order valence-electron chi connectivity index (χ0n) is 13.3. The molecule has 0 saturated carbocycles. The van der Waals surface area contributed by atoms with E-state index in [1.165, 1.54) is 6.92 Å². The van der Waals surface area contributed by atoms with Crippen LogP contribution in [0.3, 0.4) is 0 Å². The second-order valence-corrected chi connectivity index (χ2v) is 6.26. The summed E-state index contributed by atoms with van der Waals surface area (Å²) < 4.78 is 21.2. The first-order valence-electron chi connectivity index (χ1n) is 6.05. The Bertz CT molecular complexity index is 732. The Labute approximate surface area is 179 Å². The van der Waals surface area contributed by atoms with Crippen LogP contribution in [0.5, 0.6) is 0 Å². The van der Waals surface area contributed by atoms with Crippen LogP contribution in [0.1, 0.15) is 5.56 Å². The summed E-state index contributed by atoms with van der Waals surface area (Å²) in [7, 11) is -5.15. The molecule has 1 aromatic heterocycles. The molecule has 2 heterocycles. The van der Waals surface area contributed by atoms with Crippen molar-refractivity contribution in [1.29, 1.82) is 0 Å². The topological polar surface area (TPSA) is 177 Å². The molecular weight excluding hydrogens is 369 g/mol. The average Bonchev–Trinajstić information content (AvgIpc) is 2.69. The molecule has 124 valence electrons. The Kier molecular flexibility index (Phi) is 9.30. The number of aliphatic hydroxyl groups excluding tert-OH is 2. The number of rotatable bonds is 4. The number of aliphatic hydroxyl groups is 2. The van der Waals surface area contributed by atoms with Gasteiger partial charge in [0.1, 0.15) is 6.10 Å². The van der Waals surface area contributed by atoms with E-state index in [2.05, 4.69) is 0 Å². The van der Waals surface area contributed by atoms with Crippen LogP contribution in [-0.2, 0) is 19.9 Å². The van der Waals surface area contributed by atoms with Gasteiger partial charge in [-0.05, 0) is 14.5 Å². The molecule has 1 aliphatic heterocycles. The zero-order valence-corrected chi connectivity index (χ0v) is 18.2. The van der Waals surface area contributed by atoms with Gasteiger partial charge in [0.05, 0.1) is 13.0 Å². The summed E-state index contributed by atoms with van der Waals surface area (Å²) in [6.45, 7) is 0.861. The van der Waals surface area contributed by atoms with E-state index in [-0.39, 0.29) is 64.7 Å². The molecule has 1 saturated heterocycles. The van der Waals surface area contributed by atoms with Gasteiger partial charge in [-0.2, -0.15) is 0 Å².